The zero-order valence-corrected chi connectivity index (χ0v) is 20.1. The second-order valence-electron chi connectivity index (χ2n) is 9.37. The van der Waals surface area contributed by atoms with Gasteiger partial charge in [-0.2, -0.15) is 0 Å². The summed E-state index contributed by atoms with van der Waals surface area (Å²) in [6, 6.07) is 15.5. The van der Waals surface area contributed by atoms with Gasteiger partial charge in [0.2, 0.25) is 5.78 Å². The van der Waals surface area contributed by atoms with Gasteiger partial charge in [0.25, 0.3) is 0 Å². The quantitative estimate of drug-likeness (QED) is 0.267. The molecular formula is C29H27FN2O3. The minimum absolute atomic E-state index is 0.277. The summed E-state index contributed by atoms with van der Waals surface area (Å²) in [6.45, 7) is 5.54. The largest absolute Gasteiger partial charge is 0.454 e. The highest BCUT2D eigenvalue weighted by atomic mass is 19.1. The van der Waals surface area contributed by atoms with E-state index in [2.05, 4.69) is 6.92 Å². The molecule has 0 fully saturated rings. The third-order valence-electron chi connectivity index (χ3n) is 6.86. The van der Waals surface area contributed by atoms with Crippen LogP contribution in [0.5, 0.6) is 0 Å². The summed E-state index contributed by atoms with van der Waals surface area (Å²) >= 11 is 0. The number of para-hydroxylation sites is 1. The maximum absolute atomic E-state index is 13.4. The van der Waals surface area contributed by atoms with Gasteiger partial charge in [0.05, 0.1) is 11.1 Å². The number of aromatic nitrogens is 2. The number of ketones is 1. The molecule has 0 saturated heterocycles. The zero-order valence-electron chi connectivity index (χ0n) is 20.1. The van der Waals surface area contributed by atoms with Crippen LogP contribution in [0.15, 0.2) is 54.6 Å². The van der Waals surface area contributed by atoms with Gasteiger partial charge in [0, 0.05) is 33.7 Å². The molecule has 0 spiro atoms. The van der Waals surface area contributed by atoms with Gasteiger partial charge in [-0.1, -0.05) is 25.1 Å². The Morgan fingerprint density at radius 3 is 2.63 bits per heavy atom. The fraction of sp³-hybridized carbons (Fsp3) is 0.276. The van der Waals surface area contributed by atoms with E-state index in [1.807, 2.05) is 42.7 Å². The maximum atomic E-state index is 13.4. The Hall–Kier alpha value is -3.80. The first kappa shape index (κ1) is 23.0. The van der Waals surface area contributed by atoms with Crippen molar-refractivity contribution in [3.05, 3.63) is 94.2 Å². The highest BCUT2D eigenvalue weighted by molar-refractivity contribution is 6.06. The fourth-order valence-corrected chi connectivity index (χ4v) is 5.11. The number of esters is 1. The van der Waals surface area contributed by atoms with Crippen LogP contribution in [-0.4, -0.2) is 27.9 Å². The Balaban J connectivity index is 1.42. The molecule has 35 heavy (non-hydrogen) atoms. The lowest BCUT2D eigenvalue weighted by Gasteiger charge is -2.24. The monoisotopic (exact) mass is 470 g/mol. The van der Waals surface area contributed by atoms with E-state index in [4.69, 9.17) is 9.72 Å². The van der Waals surface area contributed by atoms with Crippen LogP contribution >= 0.6 is 0 Å². The molecule has 5 rings (SSSR count). The minimum Gasteiger partial charge on any atom is -0.454 e. The predicted octanol–water partition coefficient (Wildman–Crippen LogP) is 5.95. The van der Waals surface area contributed by atoms with Gasteiger partial charge in [-0.3, -0.25) is 9.78 Å². The van der Waals surface area contributed by atoms with Gasteiger partial charge < -0.3 is 9.30 Å². The van der Waals surface area contributed by atoms with Crippen molar-refractivity contribution in [3.63, 3.8) is 0 Å². The first-order chi connectivity index (χ1) is 16.8. The summed E-state index contributed by atoms with van der Waals surface area (Å²) < 4.78 is 20.9. The van der Waals surface area contributed by atoms with E-state index in [0.717, 1.165) is 58.5 Å². The van der Waals surface area contributed by atoms with Gasteiger partial charge in [-0.05, 0) is 81.0 Å². The topological polar surface area (TPSA) is 61.2 Å². The molecule has 2 aromatic carbocycles. The van der Waals surface area contributed by atoms with E-state index in [1.165, 1.54) is 12.1 Å². The summed E-state index contributed by atoms with van der Waals surface area (Å²) in [7, 11) is 0. The highest BCUT2D eigenvalue weighted by Gasteiger charge is 2.27. The SMILES string of the molecule is Cc1cc(C(=O)COC(=O)c2c3c(nc4ccccc24)CCC(C)C3)c(C)n1-c1ccc(F)cc1. The van der Waals surface area contributed by atoms with Crippen molar-refractivity contribution in [2.24, 2.45) is 5.92 Å². The van der Waals surface area contributed by atoms with Crippen molar-refractivity contribution in [3.8, 4) is 5.69 Å². The molecule has 0 amide bonds. The fourth-order valence-electron chi connectivity index (χ4n) is 5.11. The second-order valence-corrected chi connectivity index (χ2v) is 9.37. The Labute approximate surface area is 203 Å². The molecular weight excluding hydrogens is 443 g/mol. The van der Waals surface area contributed by atoms with Crippen LogP contribution in [0.2, 0.25) is 0 Å². The Morgan fingerprint density at radius 2 is 1.86 bits per heavy atom. The number of aryl methyl sites for hydroxylation is 2. The standard InChI is InChI=1S/C29H27FN2O3/c1-17-8-13-26-24(14-17)28(22-6-4-5-7-25(22)31-26)29(34)35-16-27(33)23-15-18(2)32(19(23)3)21-11-9-20(30)10-12-21/h4-7,9-12,15,17H,8,13-14,16H2,1-3H3. The summed E-state index contributed by atoms with van der Waals surface area (Å²) in [6.07, 6.45) is 2.63. The average molecular weight is 471 g/mol. The van der Waals surface area contributed by atoms with Crippen LogP contribution in [0, 0.1) is 25.6 Å². The summed E-state index contributed by atoms with van der Waals surface area (Å²) in [5, 5.41) is 0.757. The summed E-state index contributed by atoms with van der Waals surface area (Å²) in [5.74, 6) is -0.634. The van der Waals surface area contributed by atoms with E-state index >= 15 is 0 Å². The molecule has 4 aromatic rings. The lowest BCUT2D eigenvalue weighted by molar-refractivity contribution is 0.0475. The van der Waals surface area contributed by atoms with Crippen LogP contribution in [0.4, 0.5) is 4.39 Å². The molecule has 0 radical (unpaired) electrons. The van der Waals surface area contributed by atoms with Gasteiger partial charge in [-0.25, -0.2) is 9.18 Å². The Morgan fingerprint density at radius 1 is 1.11 bits per heavy atom. The Kier molecular flexibility index (Phi) is 5.97. The van der Waals surface area contributed by atoms with Gasteiger partial charge >= 0.3 is 5.97 Å². The van der Waals surface area contributed by atoms with Gasteiger partial charge in [0.15, 0.2) is 6.61 Å². The number of hydrogen-bond acceptors (Lipinski definition) is 4. The van der Waals surface area contributed by atoms with Crippen molar-refractivity contribution in [1.29, 1.82) is 0 Å². The number of benzene rings is 2. The third kappa shape index (κ3) is 4.25. The van der Waals surface area contributed by atoms with Crippen LogP contribution in [0.3, 0.4) is 0 Å². The van der Waals surface area contributed by atoms with Gasteiger partial charge in [-0.15, -0.1) is 0 Å². The molecule has 5 nitrogen and oxygen atoms in total. The highest BCUT2D eigenvalue weighted by Crippen LogP contribution is 2.32. The molecule has 0 N–H and O–H groups in total. The van der Waals surface area contributed by atoms with Crippen molar-refractivity contribution in [2.45, 2.75) is 40.0 Å². The van der Waals surface area contributed by atoms with Crippen LogP contribution in [0.1, 0.15) is 56.7 Å². The Bertz CT molecular complexity index is 1450. The van der Waals surface area contributed by atoms with E-state index in [-0.39, 0.29) is 18.2 Å². The number of Topliss-reactive ketones (excluding diaryl/α,β-unsaturated/α-hetero) is 1. The van der Waals surface area contributed by atoms with E-state index < -0.39 is 5.97 Å². The molecule has 2 heterocycles. The number of hydrogen-bond donors (Lipinski definition) is 0. The lowest BCUT2D eigenvalue weighted by atomic mass is 9.84. The molecule has 1 atom stereocenters. The van der Waals surface area contributed by atoms with E-state index in [9.17, 15) is 14.0 Å². The normalized spacial score (nSPS) is 15.1. The van der Waals surface area contributed by atoms with Crippen molar-refractivity contribution >= 4 is 22.7 Å². The number of carbonyl (C=O) groups excluding carboxylic acids is 2. The van der Waals surface area contributed by atoms with Crippen LogP contribution < -0.4 is 0 Å². The molecule has 6 heteroatoms. The van der Waals surface area contributed by atoms with Crippen molar-refractivity contribution < 1.29 is 18.7 Å². The molecule has 2 aromatic heterocycles. The molecule has 0 saturated carbocycles. The van der Waals surface area contributed by atoms with E-state index in [1.54, 1.807) is 18.2 Å². The predicted molar refractivity (Wildman–Crippen MR) is 133 cm³/mol. The number of rotatable bonds is 5. The zero-order chi connectivity index (χ0) is 24.7. The molecule has 0 aliphatic heterocycles. The van der Waals surface area contributed by atoms with Crippen molar-refractivity contribution in [2.75, 3.05) is 6.61 Å². The summed E-state index contributed by atoms with van der Waals surface area (Å²) in [4.78, 5) is 31.2. The smallest absolute Gasteiger partial charge is 0.339 e. The number of halogens is 1. The van der Waals surface area contributed by atoms with Gasteiger partial charge in [0.1, 0.15) is 5.82 Å². The summed E-state index contributed by atoms with van der Waals surface area (Å²) in [5.41, 5.74) is 5.99. The minimum atomic E-state index is -0.491. The molecule has 0 bridgehead atoms. The first-order valence-electron chi connectivity index (χ1n) is 11.9. The third-order valence-corrected chi connectivity index (χ3v) is 6.86. The van der Waals surface area contributed by atoms with Crippen LogP contribution in [0.25, 0.3) is 16.6 Å². The second kappa shape index (κ2) is 9.10. The number of pyridine rings is 1. The molecule has 178 valence electrons. The lowest BCUT2D eigenvalue weighted by Crippen LogP contribution is -2.21. The molecule has 1 aliphatic rings. The number of carbonyl (C=O) groups is 2. The van der Waals surface area contributed by atoms with E-state index in [0.29, 0.717) is 17.0 Å². The average Bonchev–Trinajstić information content (AvgIpc) is 3.15. The maximum Gasteiger partial charge on any atom is 0.339 e. The first-order valence-corrected chi connectivity index (χ1v) is 11.9. The number of fused-ring (bicyclic) bond motifs is 2. The van der Waals surface area contributed by atoms with Crippen LogP contribution in [-0.2, 0) is 17.6 Å². The number of ether oxygens (including phenoxy) is 1. The van der Waals surface area contributed by atoms with Crippen molar-refractivity contribution in [1.82, 2.24) is 9.55 Å². The molecule has 1 aliphatic carbocycles. The molecule has 1 unspecified atom stereocenters. The number of nitrogens with zero attached hydrogens (tertiary/aromatic N) is 2.